The van der Waals surface area contributed by atoms with Crippen molar-refractivity contribution in [2.75, 3.05) is 13.2 Å². The normalized spacial score (nSPS) is 22.0. The number of hydrogen-bond acceptors (Lipinski definition) is 5. The Morgan fingerprint density at radius 3 is 2.88 bits per heavy atom. The Bertz CT molecular complexity index is 826. The molecule has 1 aromatic heterocycles. The molecule has 0 bridgehead atoms. The zero-order chi connectivity index (χ0) is 17.4. The number of hydrogen-bond donors (Lipinski definition) is 2. The van der Waals surface area contributed by atoms with Gasteiger partial charge in [0.15, 0.2) is 6.23 Å². The molecule has 1 fully saturated rings. The summed E-state index contributed by atoms with van der Waals surface area (Å²) in [6.45, 7) is 2.27. The summed E-state index contributed by atoms with van der Waals surface area (Å²) in [6.07, 6.45) is 7.76. The van der Waals surface area contributed by atoms with E-state index in [1.807, 2.05) is 54.4 Å². The zero-order valence-electron chi connectivity index (χ0n) is 14.3. The van der Waals surface area contributed by atoms with Crippen LogP contribution in [0.1, 0.15) is 25.0 Å². The zero-order valence-corrected chi connectivity index (χ0v) is 14.3. The third-order valence-corrected chi connectivity index (χ3v) is 5.29. The van der Waals surface area contributed by atoms with Gasteiger partial charge in [0.1, 0.15) is 23.7 Å². The van der Waals surface area contributed by atoms with Gasteiger partial charge in [0.2, 0.25) is 0 Å². The van der Waals surface area contributed by atoms with Gasteiger partial charge in [-0.25, -0.2) is 0 Å². The van der Waals surface area contributed by atoms with E-state index in [0.717, 1.165) is 47.3 Å². The number of fused-ring (bicyclic) bond motifs is 1. The van der Waals surface area contributed by atoms with Gasteiger partial charge in [-0.15, -0.1) is 0 Å². The molecule has 2 aromatic rings. The predicted molar refractivity (Wildman–Crippen MR) is 95.2 cm³/mol. The molecular weight excluding hydrogens is 318 g/mol. The summed E-state index contributed by atoms with van der Waals surface area (Å²) in [7, 11) is 0. The van der Waals surface area contributed by atoms with Gasteiger partial charge in [0.05, 0.1) is 12.1 Å². The molecule has 2 N–H and O–H groups in total. The third kappa shape index (κ3) is 2.83. The van der Waals surface area contributed by atoms with Crippen molar-refractivity contribution in [1.29, 1.82) is 0 Å². The van der Waals surface area contributed by atoms with Crippen LogP contribution in [0, 0.1) is 6.92 Å². The van der Waals surface area contributed by atoms with Crippen LogP contribution in [-0.2, 0) is 0 Å². The summed E-state index contributed by atoms with van der Waals surface area (Å²) in [5.41, 5.74) is 1.29. The largest absolute Gasteiger partial charge is 0.489 e. The van der Waals surface area contributed by atoms with Gasteiger partial charge < -0.3 is 24.3 Å². The van der Waals surface area contributed by atoms with Gasteiger partial charge in [0, 0.05) is 17.2 Å². The van der Waals surface area contributed by atoms with Gasteiger partial charge in [-0.05, 0) is 56.5 Å². The minimum Gasteiger partial charge on any atom is -0.489 e. The van der Waals surface area contributed by atoms with Crippen LogP contribution in [0.25, 0.3) is 11.0 Å². The minimum atomic E-state index is -0.766. The van der Waals surface area contributed by atoms with Crippen LogP contribution in [0.2, 0.25) is 0 Å². The molecule has 1 saturated carbocycles. The van der Waals surface area contributed by atoms with Crippen LogP contribution >= 0.6 is 0 Å². The molecule has 0 saturated heterocycles. The van der Waals surface area contributed by atoms with Crippen LogP contribution < -0.4 is 4.74 Å². The number of rotatable bonds is 5. The fourth-order valence-corrected chi connectivity index (χ4v) is 3.64. The third-order valence-electron chi connectivity index (χ3n) is 5.29. The highest BCUT2D eigenvalue weighted by atomic mass is 16.5. The van der Waals surface area contributed by atoms with E-state index in [2.05, 4.69) is 0 Å². The van der Waals surface area contributed by atoms with E-state index in [1.54, 1.807) is 0 Å². The molecule has 132 valence electrons. The van der Waals surface area contributed by atoms with E-state index >= 15 is 0 Å². The molecule has 2 aliphatic rings. The average molecular weight is 341 g/mol. The van der Waals surface area contributed by atoms with E-state index in [9.17, 15) is 10.2 Å². The second kappa shape index (κ2) is 6.24. The smallest absolute Gasteiger partial charge is 0.152 e. The van der Waals surface area contributed by atoms with Crippen molar-refractivity contribution in [2.45, 2.75) is 38.0 Å². The molecule has 1 aliphatic heterocycles. The van der Waals surface area contributed by atoms with Gasteiger partial charge in [-0.3, -0.25) is 0 Å². The van der Waals surface area contributed by atoms with Crippen molar-refractivity contribution in [1.82, 2.24) is 4.90 Å². The van der Waals surface area contributed by atoms with Crippen molar-refractivity contribution >= 4 is 11.0 Å². The Hall–Kier alpha value is -2.24. The van der Waals surface area contributed by atoms with E-state index in [0.29, 0.717) is 6.61 Å². The van der Waals surface area contributed by atoms with E-state index in [-0.39, 0.29) is 12.1 Å². The number of aliphatic hydroxyl groups is 2. The van der Waals surface area contributed by atoms with Gasteiger partial charge >= 0.3 is 0 Å². The summed E-state index contributed by atoms with van der Waals surface area (Å²) in [5, 5.41) is 21.5. The Labute approximate surface area is 146 Å². The van der Waals surface area contributed by atoms with Gasteiger partial charge in [0.25, 0.3) is 0 Å². The molecule has 0 amide bonds. The molecule has 25 heavy (non-hydrogen) atoms. The maximum Gasteiger partial charge on any atom is 0.152 e. The monoisotopic (exact) mass is 341 g/mol. The van der Waals surface area contributed by atoms with E-state index in [4.69, 9.17) is 9.15 Å². The first-order valence-corrected chi connectivity index (χ1v) is 8.69. The molecule has 1 atom stereocenters. The standard InChI is InChI=1S/C20H23NO4/c1-14-10-16-11-17(5-6-18(16)25-14)24-12-15-4-2-9-21(19(15)23)20(13-22)7-3-8-20/h2,4-6,9-11,19,22-23H,3,7-8,12-13H2,1H3. The molecule has 0 spiro atoms. The topological polar surface area (TPSA) is 66.1 Å². The molecule has 4 rings (SSSR count). The first kappa shape index (κ1) is 16.2. The summed E-state index contributed by atoms with van der Waals surface area (Å²) in [4.78, 5) is 1.87. The summed E-state index contributed by atoms with van der Waals surface area (Å²) < 4.78 is 11.5. The highest BCUT2D eigenvalue weighted by molar-refractivity contribution is 5.79. The molecule has 5 nitrogen and oxygen atoms in total. The van der Waals surface area contributed by atoms with Crippen molar-refractivity contribution in [2.24, 2.45) is 0 Å². The number of aryl methyl sites for hydroxylation is 1. The molecule has 0 radical (unpaired) electrons. The van der Waals surface area contributed by atoms with E-state index < -0.39 is 6.23 Å². The van der Waals surface area contributed by atoms with Crippen LogP contribution in [0.5, 0.6) is 5.75 Å². The summed E-state index contributed by atoms with van der Waals surface area (Å²) in [6, 6.07) is 7.68. The van der Waals surface area contributed by atoms with Crippen molar-refractivity contribution in [3.63, 3.8) is 0 Å². The SMILES string of the molecule is Cc1cc2cc(OCC3=CC=CN(C4(CO)CCC4)C3O)ccc2o1. The Morgan fingerprint density at radius 2 is 2.16 bits per heavy atom. The van der Waals surface area contributed by atoms with Crippen LogP contribution in [-0.4, -0.2) is 40.1 Å². The first-order chi connectivity index (χ1) is 12.1. The quantitative estimate of drug-likeness (QED) is 0.875. The van der Waals surface area contributed by atoms with Crippen LogP contribution in [0.4, 0.5) is 0 Å². The van der Waals surface area contributed by atoms with E-state index in [1.165, 1.54) is 0 Å². The van der Waals surface area contributed by atoms with Crippen molar-refractivity contribution in [3.05, 3.63) is 54.0 Å². The van der Waals surface area contributed by atoms with Gasteiger partial charge in [-0.2, -0.15) is 0 Å². The maximum atomic E-state index is 10.7. The fourth-order valence-electron chi connectivity index (χ4n) is 3.64. The maximum absolute atomic E-state index is 10.7. The lowest BCUT2D eigenvalue weighted by atomic mass is 9.75. The lowest BCUT2D eigenvalue weighted by Crippen LogP contribution is -2.58. The Morgan fingerprint density at radius 1 is 1.32 bits per heavy atom. The number of ether oxygens (including phenoxy) is 1. The molecule has 1 aromatic carbocycles. The highest BCUT2D eigenvalue weighted by Crippen LogP contribution is 2.40. The number of nitrogens with zero attached hydrogens (tertiary/aromatic N) is 1. The second-order valence-electron chi connectivity index (χ2n) is 6.95. The van der Waals surface area contributed by atoms with Crippen LogP contribution in [0.3, 0.4) is 0 Å². The highest BCUT2D eigenvalue weighted by Gasteiger charge is 2.44. The number of allylic oxidation sites excluding steroid dienone is 2. The minimum absolute atomic E-state index is 0.0546. The summed E-state index contributed by atoms with van der Waals surface area (Å²) >= 11 is 0. The first-order valence-electron chi connectivity index (χ1n) is 8.69. The Kier molecular flexibility index (Phi) is 4.06. The van der Waals surface area contributed by atoms with Crippen molar-refractivity contribution in [3.8, 4) is 5.75 Å². The molecule has 1 unspecified atom stereocenters. The summed E-state index contributed by atoms with van der Waals surface area (Å²) in [5.74, 6) is 1.61. The molecule has 1 aliphatic carbocycles. The number of aliphatic hydroxyl groups excluding tert-OH is 2. The number of furan rings is 1. The molecule has 5 heteroatoms. The average Bonchev–Trinajstić information content (AvgIpc) is 2.94. The van der Waals surface area contributed by atoms with Crippen LogP contribution in [0.15, 0.2) is 52.6 Å². The second-order valence-corrected chi connectivity index (χ2v) is 6.95. The predicted octanol–water partition coefficient (Wildman–Crippen LogP) is 3.11. The Balaban J connectivity index is 1.46. The van der Waals surface area contributed by atoms with Gasteiger partial charge in [-0.1, -0.05) is 6.08 Å². The fraction of sp³-hybridized carbons (Fsp3) is 0.400. The molecule has 2 heterocycles. The van der Waals surface area contributed by atoms with Crippen molar-refractivity contribution < 1.29 is 19.4 Å². The number of benzene rings is 1. The lowest BCUT2D eigenvalue weighted by Gasteiger charge is -2.51. The molecular formula is C20H23NO4. The lowest BCUT2D eigenvalue weighted by molar-refractivity contribution is -0.0792.